The molecule has 0 bridgehead atoms. The first-order valence-electron chi connectivity index (χ1n) is 3.70. The standard InChI is InChI=1S/C7H10BNO4/c1-13-7-6(8(11)12)3-2-5(4-10)9-7/h2-3,10-12H,4H2,1H3. The molecule has 1 heterocycles. The summed E-state index contributed by atoms with van der Waals surface area (Å²) in [7, 11) is -0.245. The van der Waals surface area contributed by atoms with Gasteiger partial charge in [-0.15, -0.1) is 0 Å². The highest BCUT2D eigenvalue weighted by Crippen LogP contribution is 2.04. The van der Waals surface area contributed by atoms with E-state index in [1.54, 1.807) is 0 Å². The van der Waals surface area contributed by atoms with Crippen molar-refractivity contribution in [2.75, 3.05) is 7.11 Å². The second-order valence-electron chi connectivity index (χ2n) is 2.43. The van der Waals surface area contributed by atoms with Crippen molar-refractivity contribution in [3.8, 4) is 5.88 Å². The Morgan fingerprint density at radius 2 is 2.15 bits per heavy atom. The molecule has 13 heavy (non-hydrogen) atoms. The Kier molecular flexibility index (Phi) is 3.24. The van der Waals surface area contributed by atoms with Crippen molar-refractivity contribution in [2.24, 2.45) is 0 Å². The molecule has 0 atom stereocenters. The van der Waals surface area contributed by atoms with Gasteiger partial charge in [-0.25, -0.2) is 4.98 Å². The lowest BCUT2D eigenvalue weighted by molar-refractivity contribution is 0.274. The summed E-state index contributed by atoms with van der Waals surface area (Å²) in [5, 5.41) is 26.5. The topological polar surface area (TPSA) is 82.8 Å². The predicted molar refractivity (Wildman–Crippen MR) is 46.5 cm³/mol. The fraction of sp³-hybridized carbons (Fsp3) is 0.286. The van der Waals surface area contributed by atoms with E-state index in [0.29, 0.717) is 5.69 Å². The first-order valence-corrected chi connectivity index (χ1v) is 3.70. The second kappa shape index (κ2) is 4.22. The van der Waals surface area contributed by atoms with Crippen molar-refractivity contribution in [1.82, 2.24) is 4.98 Å². The van der Waals surface area contributed by atoms with E-state index in [2.05, 4.69) is 4.98 Å². The molecule has 0 aliphatic rings. The SMILES string of the molecule is COc1nc(CO)ccc1B(O)O. The van der Waals surface area contributed by atoms with Gasteiger partial charge in [0, 0.05) is 5.46 Å². The van der Waals surface area contributed by atoms with Crippen molar-refractivity contribution in [1.29, 1.82) is 0 Å². The summed E-state index contributed by atoms with van der Waals surface area (Å²) in [6, 6.07) is 2.94. The summed E-state index contributed by atoms with van der Waals surface area (Å²) in [5.41, 5.74) is 0.598. The van der Waals surface area contributed by atoms with Gasteiger partial charge in [-0.3, -0.25) is 0 Å². The highest BCUT2D eigenvalue weighted by molar-refractivity contribution is 6.59. The van der Waals surface area contributed by atoms with Crippen LogP contribution in [-0.4, -0.2) is 34.4 Å². The van der Waals surface area contributed by atoms with Crippen LogP contribution in [0.2, 0.25) is 0 Å². The fourth-order valence-corrected chi connectivity index (χ4v) is 0.938. The minimum atomic E-state index is -1.62. The minimum Gasteiger partial charge on any atom is -0.481 e. The molecule has 0 saturated carbocycles. The molecule has 0 aliphatic heterocycles. The third-order valence-corrected chi connectivity index (χ3v) is 1.58. The van der Waals surface area contributed by atoms with Gasteiger partial charge in [0.15, 0.2) is 0 Å². The van der Waals surface area contributed by atoms with Crippen LogP contribution in [0.3, 0.4) is 0 Å². The molecular formula is C7H10BNO4. The molecule has 0 radical (unpaired) electrons. The lowest BCUT2D eigenvalue weighted by Crippen LogP contribution is -2.32. The molecule has 1 aromatic rings. The van der Waals surface area contributed by atoms with E-state index in [1.807, 2.05) is 0 Å². The molecule has 1 rings (SSSR count). The largest absolute Gasteiger partial charge is 0.494 e. The number of aromatic nitrogens is 1. The minimum absolute atomic E-state index is 0.113. The molecule has 0 aliphatic carbocycles. The summed E-state index contributed by atoms with van der Waals surface area (Å²) in [4.78, 5) is 3.84. The van der Waals surface area contributed by atoms with E-state index in [-0.39, 0.29) is 17.9 Å². The van der Waals surface area contributed by atoms with Crippen molar-refractivity contribution >= 4 is 12.6 Å². The Morgan fingerprint density at radius 1 is 1.46 bits per heavy atom. The number of hydrogen-bond donors (Lipinski definition) is 3. The van der Waals surface area contributed by atoms with E-state index < -0.39 is 7.12 Å². The molecular weight excluding hydrogens is 173 g/mol. The second-order valence-corrected chi connectivity index (χ2v) is 2.43. The van der Waals surface area contributed by atoms with Gasteiger partial charge in [0.1, 0.15) is 0 Å². The number of nitrogens with zero attached hydrogens (tertiary/aromatic N) is 1. The molecule has 5 nitrogen and oxygen atoms in total. The van der Waals surface area contributed by atoms with Crippen molar-refractivity contribution in [3.05, 3.63) is 17.8 Å². The number of aliphatic hydroxyl groups excluding tert-OH is 1. The number of hydrogen-bond acceptors (Lipinski definition) is 5. The molecule has 6 heteroatoms. The summed E-state index contributed by atoms with van der Waals surface area (Å²) in [6.45, 7) is -0.210. The lowest BCUT2D eigenvalue weighted by atomic mass is 9.81. The zero-order chi connectivity index (χ0) is 9.84. The molecule has 0 spiro atoms. The third-order valence-electron chi connectivity index (χ3n) is 1.58. The van der Waals surface area contributed by atoms with E-state index in [4.69, 9.17) is 19.9 Å². The van der Waals surface area contributed by atoms with Gasteiger partial charge < -0.3 is 19.9 Å². The maximum Gasteiger partial charge on any atom is 0.494 e. The van der Waals surface area contributed by atoms with Crippen LogP contribution in [0, 0.1) is 0 Å². The summed E-state index contributed by atoms with van der Waals surface area (Å²) >= 11 is 0. The molecule has 0 fully saturated rings. The van der Waals surface area contributed by atoms with Crippen LogP contribution in [-0.2, 0) is 6.61 Å². The number of methoxy groups -OCH3 is 1. The lowest BCUT2D eigenvalue weighted by Gasteiger charge is -2.07. The van der Waals surface area contributed by atoms with Crippen LogP contribution in [0.25, 0.3) is 0 Å². The van der Waals surface area contributed by atoms with E-state index in [9.17, 15) is 0 Å². The Hall–Kier alpha value is -1.11. The maximum atomic E-state index is 8.87. The third kappa shape index (κ3) is 2.18. The van der Waals surface area contributed by atoms with Crippen molar-refractivity contribution in [2.45, 2.75) is 6.61 Å². The van der Waals surface area contributed by atoms with E-state index in [0.717, 1.165) is 0 Å². The van der Waals surface area contributed by atoms with Gasteiger partial charge in [-0.1, -0.05) is 6.07 Å². The zero-order valence-corrected chi connectivity index (χ0v) is 7.14. The Labute approximate surface area is 75.8 Å². The van der Waals surface area contributed by atoms with Gasteiger partial charge >= 0.3 is 7.12 Å². The van der Waals surface area contributed by atoms with Crippen molar-refractivity contribution < 1.29 is 19.9 Å². The molecule has 0 aromatic carbocycles. The van der Waals surface area contributed by atoms with Gasteiger partial charge in [0.05, 0.1) is 19.4 Å². The fourth-order valence-electron chi connectivity index (χ4n) is 0.938. The number of ether oxygens (including phenoxy) is 1. The number of pyridine rings is 1. The maximum absolute atomic E-state index is 8.87. The van der Waals surface area contributed by atoms with E-state index in [1.165, 1.54) is 19.2 Å². The van der Waals surface area contributed by atoms with Crippen LogP contribution in [0.4, 0.5) is 0 Å². The first kappa shape index (κ1) is 9.98. The molecule has 70 valence electrons. The van der Waals surface area contributed by atoms with Gasteiger partial charge in [-0.2, -0.15) is 0 Å². The summed E-state index contributed by atoms with van der Waals surface area (Å²) < 4.78 is 4.81. The number of rotatable bonds is 3. The van der Waals surface area contributed by atoms with E-state index >= 15 is 0 Å². The average molecular weight is 183 g/mol. The normalized spacial score (nSPS) is 9.85. The molecule has 3 N–H and O–H groups in total. The summed E-state index contributed by atoms with van der Waals surface area (Å²) in [6.07, 6.45) is 0. The van der Waals surface area contributed by atoms with Crippen molar-refractivity contribution in [3.63, 3.8) is 0 Å². The van der Waals surface area contributed by atoms with Crippen LogP contribution >= 0.6 is 0 Å². The smallest absolute Gasteiger partial charge is 0.481 e. The predicted octanol–water partition coefficient (Wildman–Crippen LogP) is -1.74. The Bertz CT molecular complexity index is 292. The molecule has 0 saturated heterocycles. The zero-order valence-electron chi connectivity index (χ0n) is 7.14. The molecule has 0 amide bonds. The Balaban J connectivity index is 3.08. The number of aliphatic hydroxyl groups is 1. The first-order chi connectivity index (χ1) is 6.19. The van der Waals surface area contributed by atoms with Crippen LogP contribution < -0.4 is 10.2 Å². The average Bonchev–Trinajstić information content (AvgIpc) is 2.16. The molecule has 1 aromatic heterocycles. The van der Waals surface area contributed by atoms with Crippen LogP contribution in [0.1, 0.15) is 5.69 Å². The highest BCUT2D eigenvalue weighted by atomic mass is 16.5. The highest BCUT2D eigenvalue weighted by Gasteiger charge is 2.17. The van der Waals surface area contributed by atoms with Gasteiger partial charge in [-0.05, 0) is 6.07 Å². The van der Waals surface area contributed by atoms with Crippen LogP contribution in [0.15, 0.2) is 12.1 Å². The quantitative estimate of drug-likeness (QED) is 0.484. The van der Waals surface area contributed by atoms with Crippen LogP contribution in [0.5, 0.6) is 5.88 Å². The van der Waals surface area contributed by atoms with Gasteiger partial charge in [0.2, 0.25) is 5.88 Å². The molecule has 0 unspecified atom stereocenters. The monoisotopic (exact) mass is 183 g/mol. The summed E-state index contributed by atoms with van der Waals surface area (Å²) in [5.74, 6) is 0.113. The Morgan fingerprint density at radius 3 is 2.62 bits per heavy atom. The van der Waals surface area contributed by atoms with Gasteiger partial charge in [0.25, 0.3) is 0 Å².